The second kappa shape index (κ2) is 12.8. The van der Waals surface area contributed by atoms with Gasteiger partial charge in [-0.3, -0.25) is 29.0 Å². The molecule has 0 saturated heterocycles. The van der Waals surface area contributed by atoms with Gasteiger partial charge in [0.1, 0.15) is 0 Å². The molecule has 2 aromatic carbocycles. The molecular weight excluding hydrogens is 416 g/mol. The Morgan fingerprint density at radius 2 is 0.938 bits per heavy atom. The first-order valence-electron chi connectivity index (χ1n) is 9.90. The van der Waals surface area contributed by atoms with Gasteiger partial charge in [0, 0.05) is 24.5 Å². The highest BCUT2D eigenvalue weighted by molar-refractivity contribution is 5.93. The van der Waals surface area contributed by atoms with Crippen molar-refractivity contribution >= 4 is 35.1 Å². The second-order valence-corrected chi connectivity index (χ2v) is 7.04. The Hall–Kier alpha value is -3.76. The van der Waals surface area contributed by atoms with E-state index in [1.54, 1.807) is 60.7 Å². The summed E-state index contributed by atoms with van der Waals surface area (Å²) >= 11 is 0. The first-order chi connectivity index (χ1) is 15.3. The molecule has 10 nitrogen and oxygen atoms in total. The molecule has 32 heavy (non-hydrogen) atoms. The van der Waals surface area contributed by atoms with Crippen LogP contribution in [0.15, 0.2) is 60.7 Å². The minimum Gasteiger partial charge on any atom is -0.480 e. The SMILES string of the molecule is O=C(O)CN(CCN(CC(=O)O)CC(=O)Nc1ccccc1)CC(=O)Nc1ccccc1. The maximum atomic E-state index is 12.3. The van der Waals surface area contributed by atoms with Crippen molar-refractivity contribution in [1.82, 2.24) is 9.80 Å². The molecule has 0 bridgehead atoms. The fourth-order valence-electron chi connectivity index (χ4n) is 2.94. The molecule has 2 aromatic rings. The Morgan fingerprint density at radius 3 is 1.25 bits per heavy atom. The first-order valence-corrected chi connectivity index (χ1v) is 9.90. The summed E-state index contributed by atoms with van der Waals surface area (Å²) in [4.78, 5) is 49.8. The van der Waals surface area contributed by atoms with Crippen molar-refractivity contribution in [3.05, 3.63) is 60.7 Å². The summed E-state index contributed by atoms with van der Waals surface area (Å²) in [5.41, 5.74) is 1.16. The number of rotatable bonds is 13. The standard InChI is InChI=1S/C22H26N4O6/c27-19(23-17-7-3-1-4-8-17)13-25(15-21(29)30)11-12-26(16-22(31)32)14-20(28)24-18-9-5-2-6-10-18/h1-10H,11-16H2,(H,23,27)(H,24,28)(H,29,30)(H,31,32). The Bertz CT molecular complexity index is 832. The summed E-state index contributed by atoms with van der Waals surface area (Å²) in [6.07, 6.45) is 0. The van der Waals surface area contributed by atoms with E-state index >= 15 is 0 Å². The van der Waals surface area contributed by atoms with Crippen LogP contribution < -0.4 is 10.6 Å². The van der Waals surface area contributed by atoms with Gasteiger partial charge in [-0.2, -0.15) is 0 Å². The topological polar surface area (TPSA) is 139 Å². The minimum absolute atomic E-state index is 0.0837. The molecule has 0 heterocycles. The number of nitrogens with zero attached hydrogens (tertiary/aromatic N) is 2. The van der Waals surface area contributed by atoms with E-state index in [0.717, 1.165) is 0 Å². The van der Waals surface area contributed by atoms with Crippen LogP contribution in [0.2, 0.25) is 0 Å². The zero-order valence-corrected chi connectivity index (χ0v) is 17.4. The quantitative estimate of drug-likeness (QED) is 0.361. The van der Waals surface area contributed by atoms with Gasteiger partial charge in [-0.15, -0.1) is 0 Å². The molecule has 0 aromatic heterocycles. The molecular formula is C22H26N4O6. The Labute approximate surface area is 185 Å². The van der Waals surface area contributed by atoms with Crippen LogP contribution in [-0.4, -0.2) is 83.0 Å². The number of para-hydroxylation sites is 2. The van der Waals surface area contributed by atoms with E-state index in [1.165, 1.54) is 9.80 Å². The summed E-state index contributed by atoms with van der Waals surface area (Å²) in [6, 6.07) is 17.5. The molecule has 0 atom stereocenters. The molecule has 0 spiro atoms. The number of amides is 2. The minimum atomic E-state index is -1.12. The molecule has 10 heteroatoms. The molecule has 4 N–H and O–H groups in total. The van der Waals surface area contributed by atoms with Crippen LogP contribution >= 0.6 is 0 Å². The highest BCUT2D eigenvalue weighted by Crippen LogP contribution is 2.06. The number of carbonyl (C=O) groups excluding carboxylic acids is 2. The molecule has 0 aliphatic rings. The van der Waals surface area contributed by atoms with Crippen molar-refractivity contribution < 1.29 is 29.4 Å². The molecule has 0 aliphatic heterocycles. The van der Waals surface area contributed by atoms with Gasteiger partial charge in [0.25, 0.3) is 0 Å². The predicted octanol–water partition coefficient (Wildman–Crippen LogP) is 1.04. The lowest BCUT2D eigenvalue weighted by atomic mass is 10.3. The summed E-state index contributed by atoms with van der Waals surface area (Å²) in [5, 5.41) is 23.7. The van der Waals surface area contributed by atoms with Crippen molar-refractivity contribution in [2.75, 3.05) is 49.9 Å². The van der Waals surface area contributed by atoms with E-state index in [4.69, 9.17) is 10.2 Å². The van der Waals surface area contributed by atoms with Crippen molar-refractivity contribution in [1.29, 1.82) is 0 Å². The van der Waals surface area contributed by atoms with Crippen LogP contribution in [0.3, 0.4) is 0 Å². The third kappa shape index (κ3) is 9.83. The maximum Gasteiger partial charge on any atom is 0.317 e. The van der Waals surface area contributed by atoms with Crippen LogP contribution in [0.1, 0.15) is 0 Å². The number of anilines is 2. The van der Waals surface area contributed by atoms with Crippen LogP contribution in [0.5, 0.6) is 0 Å². The van der Waals surface area contributed by atoms with Gasteiger partial charge in [0.05, 0.1) is 26.2 Å². The van der Waals surface area contributed by atoms with E-state index in [-0.39, 0.29) is 26.2 Å². The summed E-state index contributed by atoms with van der Waals surface area (Å²) in [6.45, 7) is -1.03. The van der Waals surface area contributed by atoms with Gasteiger partial charge in [0.15, 0.2) is 0 Å². The molecule has 2 amide bonds. The lowest BCUT2D eigenvalue weighted by Gasteiger charge is -2.25. The number of benzene rings is 2. The lowest BCUT2D eigenvalue weighted by molar-refractivity contribution is -0.140. The normalized spacial score (nSPS) is 10.7. The number of aliphatic carboxylic acids is 2. The smallest absolute Gasteiger partial charge is 0.317 e. The Morgan fingerprint density at radius 1 is 0.594 bits per heavy atom. The number of hydrogen-bond donors (Lipinski definition) is 4. The van der Waals surface area contributed by atoms with E-state index in [1.807, 2.05) is 0 Å². The lowest BCUT2D eigenvalue weighted by Crippen LogP contribution is -2.44. The highest BCUT2D eigenvalue weighted by atomic mass is 16.4. The molecule has 0 fully saturated rings. The molecule has 0 unspecified atom stereocenters. The van der Waals surface area contributed by atoms with E-state index in [9.17, 15) is 19.2 Å². The highest BCUT2D eigenvalue weighted by Gasteiger charge is 2.19. The van der Waals surface area contributed by atoms with Gasteiger partial charge in [-0.25, -0.2) is 0 Å². The van der Waals surface area contributed by atoms with Gasteiger partial charge >= 0.3 is 11.9 Å². The summed E-state index contributed by atoms with van der Waals surface area (Å²) in [5.74, 6) is -3.04. The van der Waals surface area contributed by atoms with Crippen LogP contribution in [0.4, 0.5) is 11.4 Å². The van der Waals surface area contributed by atoms with Crippen molar-refractivity contribution in [2.45, 2.75) is 0 Å². The zero-order chi connectivity index (χ0) is 23.3. The monoisotopic (exact) mass is 442 g/mol. The van der Waals surface area contributed by atoms with Crippen LogP contribution in [0.25, 0.3) is 0 Å². The molecule has 170 valence electrons. The third-order valence-electron chi connectivity index (χ3n) is 4.30. The summed E-state index contributed by atoms with van der Waals surface area (Å²) in [7, 11) is 0. The summed E-state index contributed by atoms with van der Waals surface area (Å²) < 4.78 is 0. The Balaban J connectivity index is 1.94. The Kier molecular flexibility index (Phi) is 9.82. The fourth-order valence-corrected chi connectivity index (χ4v) is 2.94. The van der Waals surface area contributed by atoms with Gasteiger partial charge in [-0.1, -0.05) is 36.4 Å². The number of nitrogens with one attached hydrogen (secondary N) is 2. The number of carbonyl (C=O) groups is 4. The second-order valence-electron chi connectivity index (χ2n) is 7.04. The fraction of sp³-hybridized carbons (Fsp3) is 0.273. The van der Waals surface area contributed by atoms with Gasteiger partial charge in [-0.05, 0) is 24.3 Å². The largest absolute Gasteiger partial charge is 0.480 e. The average molecular weight is 442 g/mol. The van der Waals surface area contributed by atoms with Crippen molar-refractivity contribution in [2.24, 2.45) is 0 Å². The van der Waals surface area contributed by atoms with E-state index < -0.39 is 36.8 Å². The predicted molar refractivity (Wildman–Crippen MR) is 118 cm³/mol. The number of carboxylic acids is 2. The molecule has 0 aliphatic carbocycles. The number of hydrogen-bond acceptors (Lipinski definition) is 6. The molecule has 2 rings (SSSR count). The third-order valence-corrected chi connectivity index (χ3v) is 4.30. The molecule has 0 saturated carbocycles. The van der Waals surface area contributed by atoms with Gasteiger partial charge < -0.3 is 20.8 Å². The van der Waals surface area contributed by atoms with Crippen molar-refractivity contribution in [3.63, 3.8) is 0 Å². The van der Waals surface area contributed by atoms with Crippen molar-refractivity contribution in [3.8, 4) is 0 Å². The van der Waals surface area contributed by atoms with E-state index in [0.29, 0.717) is 11.4 Å². The molecule has 0 radical (unpaired) electrons. The first kappa shape index (κ1) is 24.5. The number of carboxylic acid groups (broad SMARTS) is 2. The average Bonchev–Trinajstić information content (AvgIpc) is 2.72. The van der Waals surface area contributed by atoms with Gasteiger partial charge in [0.2, 0.25) is 11.8 Å². The van der Waals surface area contributed by atoms with Crippen LogP contribution in [0, 0.1) is 0 Å². The zero-order valence-electron chi connectivity index (χ0n) is 17.4. The van der Waals surface area contributed by atoms with Crippen LogP contribution in [-0.2, 0) is 19.2 Å². The van der Waals surface area contributed by atoms with E-state index in [2.05, 4.69) is 10.6 Å². The maximum absolute atomic E-state index is 12.3.